The Bertz CT molecular complexity index is 1440. The minimum atomic E-state index is -4.35. The summed E-state index contributed by atoms with van der Waals surface area (Å²) in [5.41, 5.74) is 2.93. The van der Waals surface area contributed by atoms with Crippen molar-refractivity contribution in [1.82, 2.24) is 5.16 Å². The van der Waals surface area contributed by atoms with Crippen LogP contribution in [0, 0.1) is 0 Å². The Labute approximate surface area is 173 Å². The van der Waals surface area contributed by atoms with Gasteiger partial charge in [0, 0.05) is 21.3 Å². The lowest BCUT2D eigenvalue weighted by Crippen LogP contribution is -2.11. The zero-order chi connectivity index (χ0) is 20.3. The van der Waals surface area contributed by atoms with Crippen molar-refractivity contribution in [3.63, 3.8) is 0 Å². The molecule has 0 saturated heterocycles. The van der Waals surface area contributed by atoms with Crippen molar-refractivity contribution in [3.05, 3.63) is 70.2 Å². The smallest absolute Gasteiger partial charge is 0.294 e. The number of hydrogen-bond acceptors (Lipinski definition) is 6. The van der Waals surface area contributed by atoms with Crippen molar-refractivity contribution >= 4 is 54.1 Å². The largest absolute Gasteiger partial charge is 0.355 e. The maximum absolute atomic E-state index is 13.3. The van der Waals surface area contributed by atoms with E-state index in [2.05, 4.69) is 26.4 Å². The first-order chi connectivity index (χ1) is 13.8. The Balaban J connectivity index is 1.74. The van der Waals surface area contributed by atoms with E-state index in [4.69, 9.17) is 4.52 Å². The van der Waals surface area contributed by atoms with E-state index in [1.807, 2.05) is 6.07 Å². The van der Waals surface area contributed by atoms with Gasteiger partial charge in [-0.25, -0.2) is 0 Å². The minimum Gasteiger partial charge on any atom is -0.355 e. The molecule has 0 spiro atoms. The van der Waals surface area contributed by atoms with Crippen molar-refractivity contribution in [2.75, 3.05) is 5.32 Å². The van der Waals surface area contributed by atoms with E-state index < -0.39 is 10.1 Å². The number of halogens is 1. The lowest BCUT2D eigenvalue weighted by Gasteiger charge is -2.18. The number of rotatable bonds is 3. The molecule has 5 rings (SSSR count). The van der Waals surface area contributed by atoms with Gasteiger partial charge in [-0.2, -0.15) is 8.42 Å². The molecule has 1 heterocycles. The fourth-order valence-electron chi connectivity index (χ4n) is 3.51. The highest BCUT2D eigenvalue weighted by Gasteiger charge is 2.32. The summed E-state index contributed by atoms with van der Waals surface area (Å²) in [4.78, 5) is 13.0. The molecule has 0 atom stereocenters. The number of hydrogen-bond donors (Lipinski definition) is 2. The second kappa shape index (κ2) is 6.24. The van der Waals surface area contributed by atoms with Crippen molar-refractivity contribution in [2.45, 2.75) is 4.90 Å². The first-order valence-corrected chi connectivity index (χ1v) is 10.7. The molecule has 4 aromatic rings. The van der Waals surface area contributed by atoms with E-state index in [-0.39, 0.29) is 10.7 Å². The summed E-state index contributed by atoms with van der Waals surface area (Å²) < 4.78 is 38.4. The molecule has 1 aliphatic rings. The van der Waals surface area contributed by atoms with E-state index in [9.17, 15) is 17.8 Å². The molecule has 144 valence electrons. The minimum absolute atomic E-state index is 0.192. The van der Waals surface area contributed by atoms with Crippen LogP contribution in [0.5, 0.6) is 0 Å². The molecule has 0 saturated carbocycles. The fraction of sp³-hybridized carbons (Fsp3) is 0. The summed E-state index contributed by atoms with van der Waals surface area (Å²) in [6, 6.07) is 14.5. The van der Waals surface area contributed by atoms with Gasteiger partial charge in [-0.3, -0.25) is 9.35 Å². The summed E-state index contributed by atoms with van der Waals surface area (Å²) in [5.74, 6) is 0.309. The van der Waals surface area contributed by atoms with Crippen LogP contribution in [0.25, 0.3) is 22.2 Å². The van der Waals surface area contributed by atoms with Crippen LogP contribution in [0.15, 0.2) is 68.5 Å². The van der Waals surface area contributed by atoms with Gasteiger partial charge in [0.2, 0.25) is 0 Å². The van der Waals surface area contributed by atoms with E-state index in [0.29, 0.717) is 49.2 Å². The molecule has 0 radical (unpaired) electrons. The van der Waals surface area contributed by atoms with Gasteiger partial charge >= 0.3 is 0 Å². The number of aromatic nitrogens is 1. The molecule has 9 heteroatoms. The first-order valence-electron chi connectivity index (χ1n) is 8.45. The van der Waals surface area contributed by atoms with Gasteiger partial charge in [0.15, 0.2) is 11.5 Å². The van der Waals surface area contributed by atoms with Crippen molar-refractivity contribution in [1.29, 1.82) is 0 Å². The van der Waals surface area contributed by atoms with Gasteiger partial charge in [-0.1, -0.05) is 35.5 Å². The summed E-state index contributed by atoms with van der Waals surface area (Å²) in [7, 11) is -4.35. The fourth-order valence-corrected chi connectivity index (χ4v) is 4.53. The standard InChI is InChI=1S/C20H11BrN2O5S/c21-14-9-15(22-10-4-3-5-11(8-10)29(25,26)27)16-17-18(14)23-28-20(17)13-7-2-1-6-12(13)19(16)24/h1-9,22H,(H,25,26,27). The quantitative estimate of drug-likeness (QED) is 0.364. The lowest BCUT2D eigenvalue weighted by atomic mass is 9.87. The molecule has 0 amide bonds. The summed E-state index contributed by atoms with van der Waals surface area (Å²) >= 11 is 3.46. The van der Waals surface area contributed by atoms with Crippen LogP contribution in [0.4, 0.5) is 11.4 Å². The molecule has 2 N–H and O–H groups in total. The van der Waals surface area contributed by atoms with Gasteiger partial charge in [0.05, 0.1) is 21.5 Å². The predicted octanol–water partition coefficient (Wildman–Crippen LogP) is 4.79. The second-order valence-corrected chi connectivity index (χ2v) is 8.79. The number of fused-ring (bicyclic) bond motifs is 2. The Morgan fingerprint density at radius 1 is 1.03 bits per heavy atom. The maximum atomic E-state index is 13.3. The van der Waals surface area contributed by atoms with Crippen molar-refractivity contribution in [2.24, 2.45) is 0 Å². The van der Waals surface area contributed by atoms with Gasteiger partial charge in [0.1, 0.15) is 5.52 Å². The Hall–Kier alpha value is -3.01. The average molecular weight is 471 g/mol. The molecule has 1 aromatic heterocycles. The Morgan fingerprint density at radius 3 is 2.55 bits per heavy atom. The predicted molar refractivity (Wildman–Crippen MR) is 110 cm³/mol. The van der Waals surface area contributed by atoms with Gasteiger partial charge in [0.25, 0.3) is 10.1 Å². The van der Waals surface area contributed by atoms with Gasteiger partial charge in [-0.15, -0.1) is 0 Å². The molecule has 0 bridgehead atoms. The molecule has 7 nitrogen and oxygen atoms in total. The van der Waals surface area contributed by atoms with E-state index in [1.54, 1.807) is 30.3 Å². The zero-order valence-electron chi connectivity index (χ0n) is 14.5. The highest BCUT2D eigenvalue weighted by molar-refractivity contribution is 9.10. The Kier molecular flexibility index (Phi) is 3.89. The van der Waals surface area contributed by atoms with Crippen LogP contribution in [0.2, 0.25) is 0 Å². The monoisotopic (exact) mass is 470 g/mol. The second-order valence-electron chi connectivity index (χ2n) is 6.52. The molecule has 29 heavy (non-hydrogen) atoms. The first kappa shape index (κ1) is 18.0. The highest BCUT2D eigenvalue weighted by atomic mass is 79.9. The third kappa shape index (κ3) is 2.78. The van der Waals surface area contributed by atoms with Crippen LogP contribution in [0.3, 0.4) is 0 Å². The molecular formula is C20H11BrN2O5S. The summed E-state index contributed by atoms with van der Waals surface area (Å²) in [6.45, 7) is 0. The van der Waals surface area contributed by atoms with Crippen LogP contribution in [0.1, 0.15) is 15.9 Å². The summed E-state index contributed by atoms with van der Waals surface area (Å²) in [6.07, 6.45) is 0. The lowest BCUT2D eigenvalue weighted by molar-refractivity contribution is 0.104. The molecule has 0 fully saturated rings. The SMILES string of the molecule is O=C1c2ccccc2-c2onc3c(Br)cc(Nc4cccc(S(=O)(=O)O)c4)c1c23. The van der Waals surface area contributed by atoms with Crippen LogP contribution < -0.4 is 5.32 Å². The number of anilines is 2. The Morgan fingerprint density at radius 2 is 1.79 bits per heavy atom. The topological polar surface area (TPSA) is 110 Å². The molecule has 0 aliphatic heterocycles. The summed E-state index contributed by atoms with van der Waals surface area (Å²) in [5, 5.41) is 7.77. The van der Waals surface area contributed by atoms with Crippen molar-refractivity contribution < 1.29 is 22.3 Å². The molecule has 3 aromatic carbocycles. The van der Waals surface area contributed by atoms with Crippen molar-refractivity contribution in [3.8, 4) is 11.3 Å². The average Bonchev–Trinajstić information content (AvgIpc) is 3.13. The normalized spacial score (nSPS) is 12.8. The molecule has 1 aliphatic carbocycles. The number of nitrogens with one attached hydrogen (secondary N) is 1. The van der Waals surface area contributed by atoms with E-state index in [0.717, 1.165) is 0 Å². The number of carbonyl (C=O) groups is 1. The van der Waals surface area contributed by atoms with E-state index >= 15 is 0 Å². The van der Waals surface area contributed by atoms with Crippen LogP contribution >= 0.6 is 15.9 Å². The number of carbonyl (C=O) groups excluding carboxylic acids is 1. The molecule has 0 unspecified atom stereocenters. The number of ketones is 1. The third-order valence-corrected chi connectivity index (χ3v) is 6.22. The number of nitrogens with zero attached hydrogens (tertiary/aromatic N) is 1. The maximum Gasteiger partial charge on any atom is 0.294 e. The van der Waals surface area contributed by atoms with Crippen LogP contribution in [-0.2, 0) is 10.1 Å². The number of benzene rings is 3. The molecular weight excluding hydrogens is 460 g/mol. The highest BCUT2D eigenvalue weighted by Crippen LogP contribution is 2.45. The van der Waals surface area contributed by atoms with Gasteiger partial charge < -0.3 is 9.84 Å². The zero-order valence-corrected chi connectivity index (χ0v) is 16.9. The van der Waals surface area contributed by atoms with Crippen LogP contribution in [-0.4, -0.2) is 23.9 Å². The van der Waals surface area contributed by atoms with Gasteiger partial charge in [-0.05, 0) is 40.2 Å². The van der Waals surface area contributed by atoms with E-state index in [1.165, 1.54) is 18.2 Å². The third-order valence-electron chi connectivity index (χ3n) is 4.76.